The van der Waals surface area contributed by atoms with Crippen LogP contribution in [0.4, 0.5) is 0 Å². The van der Waals surface area contributed by atoms with Gasteiger partial charge in [-0.1, -0.05) is 17.7 Å². The highest BCUT2D eigenvalue weighted by Gasteiger charge is 2.10. The molecule has 0 atom stereocenters. The summed E-state index contributed by atoms with van der Waals surface area (Å²) in [6.45, 7) is 4.15. The summed E-state index contributed by atoms with van der Waals surface area (Å²) in [4.78, 5) is 7.92. The number of aromatic nitrogens is 2. The van der Waals surface area contributed by atoms with Crippen LogP contribution < -0.4 is 0 Å². The Morgan fingerprint density at radius 1 is 0.950 bits per heavy atom. The van der Waals surface area contributed by atoms with E-state index < -0.39 is 0 Å². The van der Waals surface area contributed by atoms with Gasteiger partial charge in [-0.15, -0.1) is 0 Å². The Hall–Kier alpha value is -2.55. The lowest BCUT2D eigenvalue weighted by Crippen LogP contribution is -1.74. The molecule has 0 bridgehead atoms. The number of nitrogens with one attached hydrogen (secondary N) is 1. The molecule has 20 heavy (non-hydrogen) atoms. The minimum absolute atomic E-state index is 0.777. The average Bonchev–Trinajstić information content (AvgIpc) is 3.00. The molecule has 4 aromatic rings. The highest BCUT2D eigenvalue weighted by molar-refractivity contribution is 5.85. The van der Waals surface area contributed by atoms with Crippen molar-refractivity contribution in [3.05, 3.63) is 53.6 Å². The van der Waals surface area contributed by atoms with Crippen LogP contribution in [0.3, 0.4) is 0 Å². The summed E-state index contributed by atoms with van der Waals surface area (Å²) in [6.07, 6.45) is 0. The lowest BCUT2D eigenvalue weighted by molar-refractivity contribution is 0.626. The van der Waals surface area contributed by atoms with Crippen molar-refractivity contribution in [3.63, 3.8) is 0 Å². The smallest absolute Gasteiger partial charge is 0.174 e. The predicted molar refractivity (Wildman–Crippen MR) is 80.8 cm³/mol. The van der Waals surface area contributed by atoms with Crippen molar-refractivity contribution in [1.82, 2.24) is 9.97 Å². The third-order valence-corrected chi connectivity index (χ3v) is 3.54. The monoisotopic (exact) mass is 262 g/mol. The van der Waals surface area contributed by atoms with Crippen molar-refractivity contribution in [2.24, 2.45) is 0 Å². The van der Waals surface area contributed by atoms with E-state index in [-0.39, 0.29) is 0 Å². The first-order valence-electron chi connectivity index (χ1n) is 6.66. The first-order chi connectivity index (χ1) is 9.69. The van der Waals surface area contributed by atoms with Gasteiger partial charge in [0.15, 0.2) is 11.6 Å². The van der Waals surface area contributed by atoms with E-state index in [0.29, 0.717) is 0 Å². The summed E-state index contributed by atoms with van der Waals surface area (Å²) in [7, 11) is 0. The molecule has 2 aromatic heterocycles. The lowest BCUT2D eigenvalue weighted by Gasteiger charge is -1.89. The molecule has 0 aliphatic carbocycles. The molecule has 0 amide bonds. The summed E-state index contributed by atoms with van der Waals surface area (Å²) in [5, 5.41) is 1.11. The number of nitrogens with zero attached hydrogens (tertiary/aromatic N) is 1. The van der Waals surface area contributed by atoms with Gasteiger partial charge in [0, 0.05) is 5.39 Å². The van der Waals surface area contributed by atoms with Crippen LogP contribution in [-0.4, -0.2) is 9.97 Å². The molecule has 0 radical (unpaired) electrons. The van der Waals surface area contributed by atoms with E-state index >= 15 is 0 Å². The maximum Gasteiger partial charge on any atom is 0.174 e. The number of aromatic amines is 1. The van der Waals surface area contributed by atoms with Crippen LogP contribution in [0.1, 0.15) is 11.1 Å². The summed E-state index contributed by atoms with van der Waals surface area (Å²) in [5.74, 6) is 1.55. The van der Waals surface area contributed by atoms with E-state index in [0.717, 1.165) is 33.6 Å². The molecule has 3 nitrogen and oxygen atoms in total. The summed E-state index contributed by atoms with van der Waals surface area (Å²) < 4.78 is 5.88. The highest BCUT2D eigenvalue weighted by atomic mass is 16.3. The zero-order valence-electron chi connectivity index (χ0n) is 11.4. The number of fused-ring (bicyclic) bond motifs is 2. The molecule has 2 heterocycles. The van der Waals surface area contributed by atoms with Gasteiger partial charge in [-0.25, -0.2) is 4.98 Å². The number of benzene rings is 2. The van der Waals surface area contributed by atoms with Gasteiger partial charge >= 0.3 is 0 Å². The Morgan fingerprint density at radius 3 is 2.65 bits per heavy atom. The van der Waals surface area contributed by atoms with Crippen LogP contribution in [0.15, 0.2) is 46.9 Å². The molecule has 2 aromatic carbocycles. The van der Waals surface area contributed by atoms with Gasteiger partial charge in [-0.05, 0) is 49.7 Å². The molecule has 0 spiro atoms. The molecule has 98 valence electrons. The van der Waals surface area contributed by atoms with Crippen LogP contribution in [0.2, 0.25) is 0 Å². The topological polar surface area (TPSA) is 41.8 Å². The molecule has 0 aliphatic heterocycles. The minimum atomic E-state index is 0.777. The number of aryl methyl sites for hydroxylation is 2. The standard InChI is InChI=1S/C17H14N2O/c1-10-4-6-15-12(7-10)9-16(20-15)17-18-13-5-3-11(2)8-14(13)19-17/h3-9H,1-2H3,(H,18,19). The summed E-state index contributed by atoms with van der Waals surface area (Å²) >= 11 is 0. The number of imidazole rings is 1. The number of rotatable bonds is 1. The van der Waals surface area contributed by atoms with Crippen molar-refractivity contribution in [3.8, 4) is 11.6 Å². The van der Waals surface area contributed by atoms with Gasteiger partial charge in [-0.3, -0.25) is 0 Å². The number of hydrogen-bond donors (Lipinski definition) is 1. The highest BCUT2D eigenvalue weighted by Crippen LogP contribution is 2.28. The number of H-pyrrole nitrogens is 1. The number of furan rings is 1. The Bertz CT molecular complexity index is 853. The molecule has 1 N–H and O–H groups in total. The van der Waals surface area contributed by atoms with E-state index in [4.69, 9.17) is 4.42 Å². The fourth-order valence-corrected chi connectivity index (χ4v) is 2.52. The molecular weight excluding hydrogens is 248 g/mol. The molecule has 0 saturated heterocycles. The third kappa shape index (κ3) is 1.71. The van der Waals surface area contributed by atoms with Crippen LogP contribution >= 0.6 is 0 Å². The minimum Gasteiger partial charge on any atom is -0.453 e. The molecule has 0 fully saturated rings. The van der Waals surface area contributed by atoms with Crippen LogP contribution in [-0.2, 0) is 0 Å². The summed E-state index contributed by atoms with van der Waals surface area (Å²) in [5.41, 5.74) is 5.33. The molecular formula is C17H14N2O. The fourth-order valence-electron chi connectivity index (χ4n) is 2.52. The van der Waals surface area contributed by atoms with Gasteiger partial charge in [0.1, 0.15) is 5.58 Å². The van der Waals surface area contributed by atoms with E-state index in [1.54, 1.807) is 0 Å². The van der Waals surface area contributed by atoms with E-state index in [2.05, 4.69) is 48.1 Å². The van der Waals surface area contributed by atoms with Gasteiger partial charge in [0.25, 0.3) is 0 Å². The van der Waals surface area contributed by atoms with Crippen molar-refractivity contribution < 1.29 is 4.42 Å². The average molecular weight is 262 g/mol. The predicted octanol–water partition coefficient (Wildman–Crippen LogP) is 4.59. The SMILES string of the molecule is Cc1ccc2oc(-c3nc4ccc(C)cc4[nH]3)cc2c1. The van der Waals surface area contributed by atoms with Crippen molar-refractivity contribution >= 4 is 22.0 Å². The number of hydrogen-bond acceptors (Lipinski definition) is 2. The molecule has 3 heteroatoms. The van der Waals surface area contributed by atoms with E-state index in [1.165, 1.54) is 11.1 Å². The molecule has 0 unspecified atom stereocenters. The van der Waals surface area contributed by atoms with Gasteiger partial charge in [0.2, 0.25) is 0 Å². The first kappa shape index (κ1) is 11.3. The largest absolute Gasteiger partial charge is 0.453 e. The maximum atomic E-state index is 5.88. The van der Waals surface area contributed by atoms with Crippen LogP contribution in [0.5, 0.6) is 0 Å². The van der Waals surface area contributed by atoms with Crippen LogP contribution in [0.25, 0.3) is 33.6 Å². The van der Waals surface area contributed by atoms with Crippen molar-refractivity contribution in [1.29, 1.82) is 0 Å². The van der Waals surface area contributed by atoms with Gasteiger partial charge in [0.05, 0.1) is 11.0 Å². The maximum absolute atomic E-state index is 5.88. The normalized spacial score (nSPS) is 11.5. The van der Waals surface area contributed by atoms with Gasteiger partial charge in [-0.2, -0.15) is 0 Å². The van der Waals surface area contributed by atoms with E-state index in [9.17, 15) is 0 Å². The van der Waals surface area contributed by atoms with Crippen LogP contribution in [0, 0.1) is 13.8 Å². The second-order valence-corrected chi connectivity index (χ2v) is 5.26. The third-order valence-electron chi connectivity index (χ3n) is 3.54. The van der Waals surface area contributed by atoms with Crippen molar-refractivity contribution in [2.75, 3.05) is 0 Å². The zero-order valence-corrected chi connectivity index (χ0v) is 11.4. The fraction of sp³-hybridized carbons (Fsp3) is 0.118. The summed E-state index contributed by atoms with van der Waals surface area (Å²) in [6, 6.07) is 14.4. The Kier molecular flexibility index (Phi) is 2.24. The lowest BCUT2D eigenvalue weighted by atomic mass is 10.2. The zero-order chi connectivity index (χ0) is 13.7. The Morgan fingerprint density at radius 2 is 1.75 bits per heavy atom. The second-order valence-electron chi connectivity index (χ2n) is 5.26. The van der Waals surface area contributed by atoms with Crippen molar-refractivity contribution in [2.45, 2.75) is 13.8 Å². The Balaban J connectivity index is 1.91. The Labute approximate surface area is 116 Å². The second kappa shape index (κ2) is 3.97. The van der Waals surface area contributed by atoms with E-state index in [1.807, 2.05) is 18.2 Å². The molecule has 0 aliphatic rings. The molecule has 0 saturated carbocycles. The van der Waals surface area contributed by atoms with Gasteiger partial charge < -0.3 is 9.40 Å². The molecule has 4 rings (SSSR count). The first-order valence-corrected chi connectivity index (χ1v) is 6.66. The quantitative estimate of drug-likeness (QED) is 0.545.